The first-order chi connectivity index (χ1) is 6.50. The summed E-state index contributed by atoms with van der Waals surface area (Å²) in [6.45, 7) is 0. The Morgan fingerprint density at radius 2 is 2.21 bits per heavy atom. The summed E-state index contributed by atoms with van der Waals surface area (Å²) in [4.78, 5) is 7.56. The number of nitrogens with zero attached hydrogens (tertiary/aromatic N) is 3. The van der Waals surface area contributed by atoms with E-state index in [9.17, 15) is 8.42 Å². The molecule has 0 spiro atoms. The number of imidazole rings is 1. The molecule has 2 aromatic heterocycles. The summed E-state index contributed by atoms with van der Waals surface area (Å²) < 4.78 is 23.6. The number of rotatable bonds is 1. The van der Waals surface area contributed by atoms with Crippen molar-refractivity contribution >= 4 is 27.3 Å². The molecular weight excluding hydrogens is 228 g/mol. The van der Waals surface area contributed by atoms with Gasteiger partial charge in [0.05, 0.1) is 6.20 Å². The molecule has 14 heavy (non-hydrogen) atoms. The lowest BCUT2D eigenvalue weighted by Crippen LogP contribution is -2.15. The van der Waals surface area contributed by atoms with E-state index in [4.69, 9.17) is 16.7 Å². The highest BCUT2D eigenvalue weighted by Crippen LogP contribution is 2.20. The lowest BCUT2D eigenvalue weighted by Gasteiger charge is -1.97. The van der Waals surface area contributed by atoms with Crippen molar-refractivity contribution in [2.45, 2.75) is 5.03 Å². The minimum atomic E-state index is -3.88. The van der Waals surface area contributed by atoms with E-state index in [-0.39, 0.29) is 10.2 Å². The van der Waals surface area contributed by atoms with Crippen LogP contribution in [0, 0.1) is 0 Å². The first kappa shape index (κ1) is 9.38. The van der Waals surface area contributed by atoms with Gasteiger partial charge in [0, 0.05) is 12.4 Å². The predicted molar refractivity (Wildman–Crippen MR) is 49.4 cm³/mol. The van der Waals surface area contributed by atoms with Crippen LogP contribution in [0.1, 0.15) is 0 Å². The topological polar surface area (TPSA) is 90.4 Å². The minimum absolute atomic E-state index is 0.152. The van der Waals surface area contributed by atoms with E-state index in [2.05, 4.69) is 9.97 Å². The molecule has 74 valence electrons. The van der Waals surface area contributed by atoms with Gasteiger partial charge >= 0.3 is 0 Å². The average Bonchev–Trinajstić information content (AvgIpc) is 2.38. The fraction of sp³-hybridized carbons (Fsp3) is 0. The third-order valence-corrected chi connectivity index (χ3v) is 2.92. The second-order valence-corrected chi connectivity index (χ2v) is 4.39. The Kier molecular flexibility index (Phi) is 1.95. The molecule has 0 amide bonds. The maximum Gasteiger partial charge on any atom is 0.257 e. The summed E-state index contributed by atoms with van der Waals surface area (Å²) in [7, 11) is -3.88. The van der Waals surface area contributed by atoms with E-state index in [0.29, 0.717) is 5.65 Å². The van der Waals surface area contributed by atoms with Gasteiger partial charge in [-0.15, -0.1) is 0 Å². The molecule has 0 atom stereocenters. The first-order valence-electron chi connectivity index (χ1n) is 3.50. The van der Waals surface area contributed by atoms with Gasteiger partial charge in [0.15, 0.2) is 15.8 Å². The summed E-state index contributed by atoms with van der Waals surface area (Å²) in [5.74, 6) is 0. The number of fused-ring (bicyclic) bond motifs is 1. The molecule has 2 N–H and O–H groups in total. The molecule has 6 nitrogen and oxygen atoms in total. The van der Waals surface area contributed by atoms with Crippen molar-refractivity contribution in [2.24, 2.45) is 5.14 Å². The number of hydrogen-bond acceptors (Lipinski definition) is 4. The molecule has 8 heteroatoms. The summed E-state index contributed by atoms with van der Waals surface area (Å²) in [5.41, 5.74) is 0.335. The van der Waals surface area contributed by atoms with Crippen LogP contribution < -0.4 is 5.14 Å². The molecule has 0 radical (unpaired) electrons. The van der Waals surface area contributed by atoms with Crippen LogP contribution in [-0.2, 0) is 10.0 Å². The van der Waals surface area contributed by atoms with Crippen LogP contribution in [0.3, 0.4) is 0 Å². The van der Waals surface area contributed by atoms with Gasteiger partial charge in [0.2, 0.25) is 0 Å². The van der Waals surface area contributed by atoms with E-state index in [1.54, 1.807) is 0 Å². The van der Waals surface area contributed by atoms with Crippen molar-refractivity contribution < 1.29 is 8.42 Å². The smallest absolute Gasteiger partial charge is 0.257 e. The zero-order valence-electron chi connectivity index (χ0n) is 6.75. The van der Waals surface area contributed by atoms with Crippen molar-refractivity contribution in [1.29, 1.82) is 0 Å². The highest BCUT2D eigenvalue weighted by atomic mass is 35.5. The molecule has 0 aliphatic rings. The third-order valence-electron chi connectivity index (χ3n) is 1.62. The number of sulfonamides is 1. The van der Waals surface area contributed by atoms with Gasteiger partial charge in [0.25, 0.3) is 10.0 Å². The molecule has 0 bridgehead atoms. The van der Waals surface area contributed by atoms with Crippen LogP contribution in [0.2, 0.25) is 5.15 Å². The average molecular weight is 233 g/mol. The van der Waals surface area contributed by atoms with E-state index >= 15 is 0 Å². The fourth-order valence-corrected chi connectivity index (χ4v) is 2.32. The van der Waals surface area contributed by atoms with Crippen LogP contribution in [0.4, 0.5) is 0 Å². The molecule has 0 saturated carbocycles. The highest BCUT2D eigenvalue weighted by molar-refractivity contribution is 7.89. The quantitative estimate of drug-likeness (QED) is 0.751. The highest BCUT2D eigenvalue weighted by Gasteiger charge is 2.20. The number of halogens is 1. The van der Waals surface area contributed by atoms with Gasteiger partial charge in [-0.25, -0.2) is 18.5 Å². The maximum atomic E-state index is 11.1. The zero-order valence-corrected chi connectivity index (χ0v) is 8.33. The molecule has 2 aromatic rings. The third kappa shape index (κ3) is 1.35. The van der Waals surface area contributed by atoms with Crippen LogP contribution in [0.15, 0.2) is 23.6 Å². The van der Waals surface area contributed by atoms with Crippen molar-refractivity contribution in [3.8, 4) is 0 Å². The van der Waals surface area contributed by atoms with Gasteiger partial charge in [-0.05, 0) is 0 Å². The second kappa shape index (κ2) is 2.91. The van der Waals surface area contributed by atoms with Crippen molar-refractivity contribution in [3.63, 3.8) is 0 Å². The second-order valence-electron chi connectivity index (χ2n) is 2.56. The number of nitrogens with two attached hydrogens (primary N) is 1. The molecule has 2 heterocycles. The van der Waals surface area contributed by atoms with Crippen molar-refractivity contribution in [3.05, 3.63) is 23.7 Å². The Balaban J connectivity index is 2.95. The molecule has 0 unspecified atom stereocenters. The van der Waals surface area contributed by atoms with Crippen LogP contribution in [-0.4, -0.2) is 22.8 Å². The molecule has 0 aliphatic heterocycles. The summed E-state index contributed by atoms with van der Waals surface area (Å²) >= 11 is 5.63. The SMILES string of the molecule is NS(=O)(=O)c1c(Cl)nc2cnccn12. The maximum absolute atomic E-state index is 11.1. The van der Waals surface area contributed by atoms with E-state index in [1.807, 2.05) is 0 Å². The molecular formula is C6H5ClN4O2S. The van der Waals surface area contributed by atoms with Gasteiger partial charge in [-0.2, -0.15) is 0 Å². The van der Waals surface area contributed by atoms with Gasteiger partial charge in [-0.3, -0.25) is 9.38 Å². The van der Waals surface area contributed by atoms with E-state index in [0.717, 1.165) is 0 Å². The number of aromatic nitrogens is 3. The fourth-order valence-electron chi connectivity index (χ4n) is 1.11. The Hall–Kier alpha value is -1.18. The summed E-state index contributed by atoms with van der Waals surface area (Å²) in [6, 6.07) is 0. The predicted octanol–water partition coefficient (Wildman–Crippen LogP) is 0.0301. The lowest BCUT2D eigenvalue weighted by molar-refractivity contribution is 0.593. The first-order valence-corrected chi connectivity index (χ1v) is 5.43. The van der Waals surface area contributed by atoms with Crippen LogP contribution >= 0.6 is 11.6 Å². The molecule has 0 aliphatic carbocycles. The molecule has 0 saturated heterocycles. The largest absolute Gasteiger partial charge is 0.285 e. The van der Waals surface area contributed by atoms with E-state index < -0.39 is 10.0 Å². The van der Waals surface area contributed by atoms with Crippen LogP contribution in [0.5, 0.6) is 0 Å². The Bertz CT molecular complexity index is 591. The standard InChI is InChI=1S/C6H5ClN4O2S/c7-5-6(14(8,12)13)11-2-1-9-3-4(11)10-5/h1-3H,(H2,8,12,13). The lowest BCUT2D eigenvalue weighted by atomic mass is 10.7. The zero-order chi connectivity index (χ0) is 10.3. The summed E-state index contributed by atoms with van der Waals surface area (Å²) in [6.07, 6.45) is 4.23. The van der Waals surface area contributed by atoms with Gasteiger partial charge in [-0.1, -0.05) is 11.6 Å². The minimum Gasteiger partial charge on any atom is -0.285 e. The Morgan fingerprint density at radius 3 is 2.86 bits per heavy atom. The van der Waals surface area contributed by atoms with Gasteiger partial charge in [0.1, 0.15) is 0 Å². The normalized spacial score (nSPS) is 12.1. The Morgan fingerprint density at radius 1 is 1.50 bits per heavy atom. The number of hydrogen-bond donors (Lipinski definition) is 1. The van der Waals surface area contributed by atoms with Crippen molar-refractivity contribution in [2.75, 3.05) is 0 Å². The molecule has 0 aromatic carbocycles. The van der Waals surface area contributed by atoms with Crippen molar-refractivity contribution in [1.82, 2.24) is 14.4 Å². The summed E-state index contributed by atoms with van der Waals surface area (Å²) in [5, 5.41) is 4.60. The molecule has 2 rings (SSSR count). The Labute approximate surface area is 84.4 Å². The number of primary sulfonamides is 1. The monoisotopic (exact) mass is 232 g/mol. The van der Waals surface area contributed by atoms with Crippen LogP contribution in [0.25, 0.3) is 5.65 Å². The van der Waals surface area contributed by atoms with E-state index in [1.165, 1.54) is 23.0 Å². The van der Waals surface area contributed by atoms with Gasteiger partial charge < -0.3 is 0 Å². The molecule has 0 fully saturated rings.